The number of rotatable bonds is 10. The first-order valence-electron chi connectivity index (χ1n) is 10.9. The number of nitrogens with zero attached hydrogens (tertiary/aromatic N) is 2. The maximum Gasteiger partial charge on any atom is 0.262 e. The second kappa shape index (κ2) is 12.6. The van der Waals surface area contributed by atoms with Crippen molar-refractivity contribution in [2.45, 2.75) is 13.8 Å². The van der Waals surface area contributed by atoms with Crippen LogP contribution in [-0.4, -0.2) is 69.0 Å². The molecule has 33 heavy (non-hydrogen) atoms. The Balaban J connectivity index is 1.53. The number of hydrogen-bond donors (Lipinski definition) is 2. The minimum atomic E-state index is -0.264. The Labute approximate surface area is 193 Å². The van der Waals surface area contributed by atoms with E-state index in [0.717, 1.165) is 29.9 Å². The minimum Gasteiger partial charge on any atom is -0.490 e. The fourth-order valence-corrected chi connectivity index (χ4v) is 3.21. The van der Waals surface area contributed by atoms with E-state index in [-0.39, 0.29) is 25.0 Å². The van der Waals surface area contributed by atoms with Crippen LogP contribution in [0.1, 0.15) is 18.1 Å². The average Bonchev–Trinajstić information content (AvgIpc) is 2.81. The van der Waals surface area contributed by atoms with Gasteiger partial charge in [-0.15, -0.1) is 0 Å². The highest BCUT2D eigenvalue weighted by Gasteiger charge is 2.14. The van der Waals surface area contributed by atoms with Gasteiger partial charge in [0.1, 0.15) is 0 Å². The molecule has 1 fully saturated rings. The summed E-state index contributed by atoms with van der Waals surface area (Å²) in [6.07, 6.45) is 1.54. The van der Waals surface area contributed by atoms with Gasteiger partial charge in [0.25, 0.3) is 11.8 Å². The van der Waals surface area contributed by atoms with E-state index in [2.05, 4.69) is 15.8 Å². The van der Waals surface area contributed by atoms with Crippen molar-refractivity contribution in [3.63, 3.8) is 0 Å². The molecule has 0 radical (unpaired) electrons. The highest BCUT2D eigenvalue weighted by Crippen LogP contribution is 2.28. The van der Waals surface area contributed by atoms with Crippen molar-refractivity contribution in [2.24, 2.45) is 5.10 Å². The van der Waals surface area contributed by atoms with Gasteiger partial charge in [0.05, 0.1) is 32.6 Å². The molecular formula is C24H30N4O5. The molecule has 0 atom stereocenters. The number of aryl methyl sites for hydroxylation is 1. The van der Waals surface area contributed by atoms with Crippen molar-refractivity contribution in [3.8, 4) is 11.5 Å². The number of nitrogens with one attached hydrogen (secondary N) is 2. The summed E-state index contributed by atoms with van der Waals surface area (Å²) in [5, 5.41) is 6.86. The number of benzene rings is 2. The van der Waals surface area contributed by atoms with E-state index in [1.807, 2.05) is 43.0 Å². The van der Waals surface area contributed by atoms with Crippen molar-refractivity contribution in [3.05, 3.63) is 53.6 Å². The van der Waals surface area contributed by atoms with E-state index < -0.39 is 0 Å². The van der Waals surface area contributed by atoms with Crippen LogP contribution >= 0.6 is 0 Å². The Morgan fingerprint density at radius 1 is 1.09 bits per heavy atom. The maximum atomic E-state index is 12.3. The van der Waals surface area contributed by atoms with Gasteiger partial charge >= 0.3 is 0 Å². The molecule has 0 aliphatic carbocycles. The lowest BCUT2D eigenvalue weighted by Gasteiger charge is -2.25. The average molecular weight is 455 g/mol. The largest absolute Gasteiger partial charge is 0.490 e. The third kappa shape index (κ3) is 7.89. The highest BCUT2D eigenvalue weighted by atomic mass is 16.5. The smallest absolute Gasteiger partial charge is 0.262 e. The van der Waals surface area contributed by atoms with E-state index >= 15 is 0 Å². The lowest BCUT2D eigenvalue weighted by Crippen LogP contribution is -2.42. The fourth-order valence-electron chi connectivity index (χ4n) is 3.21. The van der Waals surface area contributed by atoms with Crippen LogP contribution < -0.4 is 20.2 Å². The summed E-state index contributed by atoms with van der Waals surface area (Å²) < 4.78 is 16.6. The number of ether oxygens (including phenoxy) is 3. The van der Waals surface area contributed by atoms with Gasteiger partial charge in [0, 0.05) is 18.8 Å². The third-order valence-electron chi connectivity index (χ3n) is 4.92. The quantitative estimate of drug-likeness (QED) is 0.422. The molecule has 2 amide bonds. The summed E-state index contributed by atoms with van der Waals surface area (Å²) in [4.78, 5) is 26.3. The molecule has 0 unspecified atom stereocenters. The fraction of sp³-hybridized carbons (Fsp3) is 0.375. The zero-order chi connectivity index (χ0) is 23.5. The van der Waals surface area contributed by atoms with Crippen molar-refractivity contribution in [1.82, 2.24) is 10.3 Å². The van der Waals surface area contributed by atoms with Crippen LogP contribution in [0.15, 0.2) is 47.6 Å². The first-order chi connectivity index (χ1) is 16.0. The van der Waals surface area contributed by atoms with Crippen molar-refractivity contribution >= 4 is 23.7 Å². The lowest BCUT2D eigenvalue weighted by molar-refractivity contribution is -0.123. The molecule has 3 rings (SSSR count). The van der Waals surface area contributed by atoms with Gasteiger partial charge in [0.2, 0.25) is 0 Å². The van der Waals surface area contributed by atoms with Gasteiger partial charge < -0.3 is 19.5 Å². The molecule has 0 saturated carbocycles. The summed E-state index contributed by atoms with van der Waals surface area (Å²) >= 11 is 0. The van der Waals surface area contributed by atoms with Crippen LogP contribution in [0.4, 0.5) is 5.69 Å². The van der Waals surface area contributed by atoms with E-state index in [1.165, 1.54) is 6.21 Å². The van der Waals surface area contributed by atoms with Crippen LogP contribution in [0.25, 0.3) is 0 Å². The monoisotopic (exact) mass is 454 g/mol. The molecule has 1 saturated heterocycles. The van der Waals surface area contributed by atoms with Gasteiger partial charge in [-0.1, -0.05) is 18.2 Å². The molecule has 2 aromatic carbocycles. The van der Waals surface area contributed by atoms with Crippen LogP contribution in [0.3, 0.4) is 0 Å². The Kier molecular flexibility index (Phi) is 9.22. The Morgan fingerprint density at radius 2 is 1.88 bits per heavy atom. The molecule has 0 aromatic heterocycles. The normalized spacial score (nSPS) is 14.1. The van der Waals surface area contributed by atoms with Crippen LogP contribution in [-0.2, 0) is 14.3 Å². The summed E-state index contributed by atoms with van der Waals surface area (Å²) in [5.74, 6) is 0.494. The predicted molar refractivity (Wildman–Crippen MR) is 126 cm³/mol. The van der Waals surface area contributed by atoms with Gasteiger partial charge in [-0.2, -0.15) is 5.10 Å². The van der Waals surface area contributed by atoms with Gasteiger partial charge in [-0.3, -0.25) is 14.5 Å². The second-order valence-electron chi connectivity index (χ2n) is 7.47. The Bertz CT molecular complexity index is 973. The molecule has 0 spiro atoms. The molecule has 1 aliphatic rings. The molecule has 1 aliphatic heterocycles. The molecule has 9 heteroatoms. The molecule has 9 nitrogen and oxygen atoms in total. The number of carbonyl (C=O) groups is 2. The first-order valence-corrected chi connectivity index (χ1v) is 10.9. The second-order valence-corrected chi connectivity index (χ2v) is 7.47. The number of amides is 2. The van der Waals surface area contributed by atoms with E-state index in [4.69, 9.17) is 14.2 Å². The minimum absolute atomic E-state index is 0.153. The number of hydrazone groups is 1. The molecule has 2 N–H and O–H groups in total. The van der Waals surface area contributed by atoms with Crippen molar-refractivity contribution < 1.29 is 23.8 Å². The topological polar surface area (TPSA) is 101 Å². The van der Waals surface area contributed by atoms with E-state index in [1.54, 1.807) is 18.2 Å². The molecule has 2 aromatic rings. The summed E-state index contributed by atoms with van der Waals surface area (Å²) in [6.45, 7) is 7.09. The molecule has 0 bridgehead atoms. The summed E-state index contributed by atoms with van der Waals surface area (Å²) in [6, 6.07) is 12.8. The van der Waals surface area contributed by atoms with Crippen LogP contribution in [0, 0.1) is 6.92 Å². The van der Waals surface area contributed by atoms with Crippen LogP contribution in [0.2, 0.25) is 0 Å². The molecular weight excluding hydrogens is 424 g/mol. The van der Waals surface area contributed by atoms with E-state index in [9.17, 15) is 9.59 Å². The standard InChI is InChI=1S/C24H30N4O5/c1-3-32-22-14-19(15-25-27-23(29)16-28-10-12-31-13-11-28)8-9-21(22)33-17-24(30)26-20-7-5-4-6-18(20)2/h4-9,14-15H,3,10-13,16-17H2,1-2H3,(H,26,30)(H,27,29)/b25-15+. The summed E-state index contributed by atoms with van der Waals surface area (Å²) in [7, 11) is 0. The Morgan fingerprint density at radius 3 is 2.64 bits per heavy atom. The number of morpholine rings is 1. The first kappa shape index (κ1) is 24.2. The van der Waals surface area contributed by atoms with E-state index in [0.29, 0.717) is 31.3 Å². The highest BCUT2D eigenvalue weighted by molar-refractivity contribution is 5.92. The van der Waals surface area contributed by atoms with Gasteiger partial charge in [0.15, 0.2) is 18.1 Å². The number of carbonyl (C=O) groups excluding carboxylic acids is 2. The third-order valence-corrected chi connectivity index (χ3v) is 4.92. The van der Waals surface area contributed by atoms with Crippen molar-refractivity contribution in [2.75, 3.05) is 51.4 Å². The lowest BCUT2D eigenvalue weighted by atomic mass is 10.2. The zero-order valence-corrected chi connectivity index (χ0v) is 19.0. The van der Waals surface area contributed by atoms with Crippen molar-refractivity contribution in [1.29, 1.82) is 0 Å². The van der Waals surface area contributed by atoms with Gasteiger partial charge in [-0.25, -0.2) is 5.43 Å². The van der Waals surface area contributed by atoms with Gasteiger partial charge in [-0.05, 0) is 49.2 Å². The molecule has 176 valence electrons. The number of para-hydroxylation sites is 1. The SMILES string of the molecule is CCOc1cc(/C=N/NC(=O)CN2CCOCC2)ccc1OCC(=O)Nc1ccccc1C. The van der Waals surface area contributed by atoms with Crippen LogP contribution in [0.5, 0.6) is 11.5 Å². The Hall–Kier alpha value is -3.43. The number of anilines is 1. The summed E-state index contributed by atoms with van der Waals surface area (Å²) in [5.41, 5.74) is 4.98. The maximum absolute atomic E-state index is 12.3. The number of hydrogen-bond acceptors (Lipinski definition) is 7. The molecule has 1 heterocycles. The zero-order valence-electron chi connectivity index (χ0n) is 19.0. The predicted octanol–water partition coefficient (Wildman–Crippen LogP) is 2.19.